The van der Waals surface area contributed by atoms with E-state index in [1.54, 1.807) is 13.4 Å². The zero-order valence-electron chi connectivity index (χ0n) is 17.0. The molecule has 152 valence electrons. The molecule has 0 spiro atoms. The number of amides is 1. The van der Waals surface area contributed by atoms with E-state index in [1.807, 2.05) is 17.4 Å². The number of carbonyl (C=O) groups excluding carboxylic acids is 1. The van der Waals surface area contributed by atoms with E-state index in [4.69, 9.17) is 9.47 Å². The van der Waals surface area contributed by atoms with Crippen molar-refractivity contribution in [3.8, 4) is 0 Å². The molecule has 1 amide bonds. The third kappa shape index (κ3) is 3.65. The minimum Gasteiger partial charge on any atom is -0.378 e. The van der Waals surface area contributed by atoms with Crippen LogP contribution in [-0.2, 0) is 16.1 Å². The van der Waals surface area contributed by atoms with Crippen LogP contribution in [0.1, 0.15) is 60.9 Å². The zero-order valence-corrected chi connectivity index (χ0v) is 17.0. The van der Waals surface area contributed by atoms with Crippen LogP contribution in [0, 0.1) is 18.8 Å². The number of hydrogen-bond acceptors (Lipinski definition) is 5. The maximum Gasteiger partial charge on any atom is 0.274 e. The van der Waals surface area contributed by atoms with Gasteiger partial charge in [-0.25, -0.2) is 9.97 Å². The van der Waals surface area contributed by atoms with Crippen LogP contribution in [0.2, 0.25) is 0 Å². The first-order chi connectivity index (χ1) is 13.6. The van der Waals surface area contributed by atoms with E-state index in [-0.39, 0.29) is 11.9 Å². The molecule has 4 atom stereocenters. The van der Waals surface area contributed by atoms with Crippen molar-refractivity contribution in [3.63, 3.8) is 0 Å². The molecule has 7 nitrogen and oxygen atoms in total. The highest BCUT2D eigenvalue weighted by molar-refractivity contribution is 5.98. The van der Waals surface area contributed by atoms with Gasteiger partial charge in [-0.1, -0.05) is 13.3 Å². The van der Waals surface area contributed by atoms with Crippen molar-refractivity contribution in [2.75, 3.05) is 13.7 Å². The van der Waals surface area contributed by atoms with E-state index in [0.29, 0.717) is 35.9 Å². The quantitative estimate of drug-likeness (QED) is 0.706. The van der Waals surface area contributed by atoms with Crippen LogP contribution in [0.5, 0.6) is 0 Å². The summed E-state index contributed by atoms with van der Waals surface area (Å²) < 4.78 is 13.1. The van der Waals surface area contributed by atoms with Crippen LogP contribution in [0.3, 0.4) is 0 Å². The van der Waals surface area contributed by atoms with Crippen molar-refractivity contribution in [2.24, 2.45) is 11.8 Å². The van der Waals surface area contributed by atoms with E-state index in [2.05, 4.69) is 22.2 Å². The van der Waals surface area contributed by atoms with Gasteiger partial charge in [0.1, 0.15) is 6.33 Å². The molecule has 28 heavy (non-hydrogen) atoms. The molecule has 3 fully saturated rings. The van der Waals surface area contributed by atoms with Crippen LogP contribution in [0.25, 0.3) is 5.65 Å². The molecule has 1 N–H and O–H groups in total. The Bertz CT molecular complexity index is 838. The van der Waals surface area contributed by atoms with Crippen LogP contribution in [0.4, 0.5) is 0 Å². The second kappa shape index (κ2) is 8.17. The summed E-state index contributed by atoms with van der Waals surface area (Å²) in [6, 6.07) is 2.19. The van der Waals surface area contributed by atoms with Crippen molar-refractivity contribution in [1.29, 1.82) is 0 Å². The van der Waals surface area contributed by atoms with Gasteiger partial charge in [-0.05, 0) is 50.5 Å². The van der Waals surface area contributed by atoms with Crippen molar-refractivity contribution in [2.45, 2.75) is 64.7 Å². The summed E-state index contributed by atoms with van der Waals surface area (Å²) >= 11 is 0. The summed E-state index contributed by atoms with van der Waals surface area (Å²) in [5, 5.41) is 3.23. The lowest BCUT2D eigenvalue weighted by Crippen LogP contribution is -2.59. The molecule has 5 rings (SSSR count). The number of aryl methyl sites for hydroxylation is 1. The van der Waals surface area contributed by atoms with E-state index in [1.165, 1.54) is 6.42 Å². The van der Waals surface area contributed by atoms with Crippen molar-refractivity contribution < 1.29 is 14.3 Å². The Morgan fingerprint density at radius 2 is 2.11 bits per heavy atom. The van der Waals surface area contributed by atoms with Gasteiger partial charge in [0.25, 0.3) is 5.91 Å². The fourth-order valence-electron chi connectivity index (χ4n) is 4.70. The fraction of sp³-hybridized carbons (Fsp3) is 0.667. The second-order valence-corrected chi connectivity index (χ2v) is 8.18. The smallest absolute Gasteiger partial charge is 0.274 e. The first-order valence-corrected chi connectivity index (χ1v) is 10.4. The number of carbonyl (C=O) groups is 1. The van der Waals surface area contributed by atoms with Crippen molar-refractivity contribution in [1.82, 2.24) is 19.7 Å². The number of aromatic nitrogens is 3. The summed E-state index contributed by atoms with van der Waals surface area (Å²) in [7, 11) is 1.65. The SMILES string of the molecule is CCCCO[C@@H]1CC2C[C@H](C1)[C@H]2NC(=O)c1ncn2c(COC)cc(C)nc12. The Labute approximate surface area is 165 Å². The highest BCUT2D eigenvalue weighted by atomic mass is 16.5. The zero-order chi connectivity index (χ0) is 19.7. The molecule has 3 saturated carbocycles. The van der Waals surface area contributed by atoms with Crippen LogP contribution >= 0.6 is 0 Å². The molecule has 0 radical (unpaired) electrons. The second-order valence-electron chi connectivity index (χ2n) is 8.18. The van der Waals surface area contributed by atoms with Crippen LogP contribution < -0.4 is 5.32 Å². The lowest BCUT2D eigenvalue weighted by molar-refractivity contribution is -0.0694. The van der Waals surface area contributed by atoms with Gasteiger partial charge in [0.05, 0.1) is 18.4 Å². The maximum atomic E-state index is 12.9. The highest BCUT2D eigenvalue weighted by Crippen LogP contribution is 2.46. The van der Waals surface area contributed by atoms with Gasteiger partial charge in [0.15, 0.2) is 11.3 Å². The number of nitrogens with zero attached hydrogens (tertiary/aromatic N) is 3. The van der Waals surface area contributed by atoms with Gasteiger partial charge in [-0.2, -0.15) is 0 Å². The van der Waals surface area contributed by atoms with Gasteiger partial charge >= 0.3 is 0 Å². The van der Waals surface area contributed by atoms with Gasteiger partial charge in [-0.3, -0.25) is 9.20 Å². The standard InChI is InChI=1S/C21H30N4O3/c1-4-5-6-28-17-9-14-8-15(10-17)18(14)24-21(26)19-20-23-13(2)7-16(11-27-3)25(20)12-22-19/h7,12,14-15,17-18H,4-6,8-11H2,1-3H3,(H,24,26)/t14-,15?,17+,18-/m1/s1. The molecular formula is C21H30N4O3. The minimum absolute atomic E-state index is 0.131. The number of rotatable bonds is 8. The van der Waals surface area contributed by atoms with Gasteiger partial charge in [-0.15, -0.1) is 0 Å². The summed E-state index contributed by atoms with van der Waals surface area (Å²) in [6.45, 7) is 5.40. The highest BCUT2D eigenvalue weighted by Gasteiger charge is 2.48. The average molecular weight is 386 g/mol. The number of ether oxygens (including phenoxy) is 2. The molecule has 2 aromatic heterocycles. The molecule has 3 aliphatic carbocycles. The fourth-order valence-corrected chi connectivity index (χ4v) is 4.70. The maximum absolute atomic E-state index is 12.9. The summed E-state index contributed by atoms with van der Waals surface area (Å²) in [6.07, 6.45) is 7.59. The molecule has 0 aromatic carbocycles. The molecule has 1 unspecified atom stereocenters. The third-order valence-electron chi connectivity index (χ3n) is 6.12. The monoisotopic (exact) mass is 386 g/mol. The first kappa shape index (κ1) is 19.3. The summed E-state index contributed by atoms with van der Waals surface area (Å²) in [4.78, 5) is 21.8. The summed E-state index contributed by atoms with van der Waals surface area (Å²) in [5.41, 5.74) is 2.77. The third-order valence-corrected chi connectivity index (χ3v) is 6.12. The first-order valence-electron chi connectivity index (χ1n) is 10.4. The molecule has 0 saturated heterocycles. The van der Waals surface area contributed by atoms with Crippen LogP contribution in [-0.4, -0.2) is 46.1 Å². The topological polar surface area (TPSA) is 77.8 Å². The molecule has 3 aliphatic rings. The number of fused-ring (bicyclic) bond motifs is 3. The number of methoxy groups -OCH3 is 1. The molecular weight excluding hydrogens is 356 g/mol. The Balaban J connectivity index is 1.43. The number of nitrogens with one attached hydrogen (secondary N) is 1. The van der Waals surface area contributed by atoms with E-state index >= 15 is 0 Å². The van der Waals surface area contributed by atoms with Gasteiger partial charge in [0.2, 0.25) is 0 Å². The normalized spacial score (nSPS) is 26.2. The van der Waals surface area contributed by atoms with Crippen molar-refractivity contribution >= 4 is 11.6 Å². The Morgan fingerprint density at radius 1 is 1.32 bits per heavy atom. The average Bonchev–Trinajstić information content (AvgIpc) is 3.10. The lowest BCUT2D eigenvalue weighted by atomic mass is 9.60. The van der Waals surface area contributed by atoms with E-state index < -0.39 is 0 Å². The number of unbranched alkanes of at least 4 members (excludes halogenated alkanes) is 1. The molecule has 2 bridgehead atoms. The Kier molecular flexibility index (Phi) is 5.64. The largest absolute Gasteiger partial charge is 0.378 e. The summed E-state index contributed by atoms with van der Waals surface area (Å²) in [5.74, 6) is 0.901. The predicted octanol–water partition coefficient (Wildman–Crippen LogP) is 2.90. The van der Waals surface area contributed by atoms with E-state index in [0.717, 1.165) is 43.7 Å². The molecule has 7 heteroatoms. The van der Waals surface area contributed by atoms with Gasteiger partial charge in [0, 0.05) is 25.5 Å². The molecule has 2 heterocycles. The molecule has 0 aliphatic heterocycles. The minimum atomic E-state index is -0.131. The Hall–Kier alpha value is -1.99. The Morgan fingerprint density at radius 3 is 2.82 bits per heavy atom. The van der Waals surface area contributed by atoms with Crippen LogP contribution in [0.15, 0.2) is 12.4 Å². The van der Waals surface area contributed by atoms with E-state index in [9.17, 15) is 4.79 Å². The predicted molar refractivity (Wildman–Crippen MR) is 105 cm³/mol. The lowest BCUT2D eigenvalue weighted by Gasteiger charge is -2.52. The number of hydrogen-bond donors (Lipinski definition) is 1. The van der Waals surface area contributed by atoms with Crippen molar-refractivity contribution in [3.05, 3.63) is 29.5 Å². The number of imidazole rings is 1. The molecule has 2 aromatic rings. The van der Waals surface area contributed by atoms with Gasteiger partial charge < -0.3 is 14.8 Å².